The SMILES string of the molecule is Cc1ccc(F)cc1Nc1ccc(C(=O)O)cn1. The minimum atomic E-state index is -1.03. The Morgan fingerprint density at radius 2 is 2.11 bits per heavy atom. The van der Waals surface area contributed by atoms with Crippen molar-refractivity contribution in [3.63, 3.8) is 0 Å². The van der Waals surface area contributed by atoms with Crippen molar-refractivity contribution in [2.24, 2.45) is 0 Å². The van der Waals surface area contributed by atoms with Crippen molar-refractivity contribution in [3.05, 3.63) is 53.5 Å². The quantitative estimate of drug-likeness (QED) is 0.874. The number of carbonyl (C=O) groups is 1. The van der Waals surface area contributed by atoms with Crippen LogP contribution in [0.5, 0.6) is 0 Å². The Labute approximate surface area is 103 Å². The van der Waals surface area contributed by atoms with Crippen LogP contribution in [0.4, 0.5) is 15.9 Å². The second-order valence-corrected chi connectivity index (χ2v) is 3.82. The van der Waals surface area contributed by atoms with Crippen LogP contribution in [0.25, 0.3) is 0 Å². The van der Waals surface area contributed by atoms with Gasteiger partial charge in [-0.2, -0.15) is 0 Å². The van der Waals surface area contributed by atoms with E-state index in [1.54, 1.807) is 6.07 Å². The molecule has 0 aliphatic heterocycles. The molecule has 0 aliphatic rings. The fraction of sp³-hybridized carbons (Fsp3) is 0.0769. The Hall–Kier alpha value is -2.43. The van der Waals surface area contributed by atoms with Crippen LogP contribution in [0.2, 0.25) is 0 Å². The van der Waals surface area contributed by atoms with Crippen molar-refractivity contribution in [2.45, 2.75) is 6.92 Å². The van der Waals surface area contributed by atoms with Crippen LogP contribution in [0.15, 0.2) is 36.5 Å². The van der Waals surface area contributed by atoms with Gasteiger partial charge in [0, 0.05) is 11.9 Å². The maximum absolute atomic E-state index is 13.1. The van der Waals surface area contributed by atoms with Gasteiger partial charge in [-0.25, -0.2) is 14.2 Å². The molecular formula is C13H11FN2O2. The summed E-state index contributed by atoms with van der Waals surface area (Å²) in [4.78, 5) is 14.6. The van der Waals surface area contributed by atoms with Gasteiger partial charge in [-0.3, -0.25) is 0 Å². The van der Waals surface area contributed by atoms with Crippen LogP contribution >= 0.6 is 0 Å². The topological polar surface area (TPSA) is 62.2 Å². The first-order chi connectivity index (χ1) is 8.56. The second-order valence-electron chi connectivity index (χ2n) is 3.82. The maximum Gasteiger partial charge on any atom is 0.337 e. The zero-order valence-corrected chi connectivity index (χ0v) is 9.64. The number of halogens is 1. The highest BCUT2D eigenvalue weighted by Crippen LogP contribution is 2.20. The number of rotatable bonds is 3. The molecule has 0 radical (unpaired) electrons. The van der Waals surface area contributed by atoms with Crippen LogP contribution in [0.3, 0.4) is 0 Å². The van der Waals surface area contributed by atoms with E-state index < -0.39 is 5.97 Å². The molecule has 1 aromatic carbocycles. The van der Waals surface area contributed by atoms with Crippen molar-refractivity contribution >= 4 is 17.5 Å². The summed E-state index contributed by atoms with van der Waals surface area (Å²) >= 11 is 0. The Kier molecular flexibility index (Phi) is 3.23. The third-order valence-electron chi connectivity index (χ3n) is 2.47. The molecule has 18 heavy (non-hydrogen) atoms. The largest absolute Gasteiger partial charge is 0.478 e. The second kappa shape index (κ2) is 4.83. The lowest BCUT2D eigenvalue weighted by Gasteiger charge is -2.08. The summed E-state index contributed by atoms with van der Waals surface area (Å²) in [6.45, 7) is 1.84. The molecule has 0 atom stereocenters. The number of hydrogen-bond donors (Lipinski definition) is 2. The number of carboxylic acids is 1. The van der Waals surface area contributed by atoms with Gasteiger partial charge in [0.2, 0.25) is 0 Å². The van der Waals surface area contributed by atoms with E-state index in [4.69, 9.17) is 5.11 Å². The Morgan fingerprint density at radius 3 is 2.72 bits per heavy atom. The molecule has 2 aromatic rings. The normalized spacial score (nSPS) is 10.1. The number of pyridine rings is 1. The average molecular weight is 246 g/mol. The van der Waals surface area contributed by atoms with E-state index in [0.717, 1.165) is 5.56 Å². The molecule has 5 heteroatoms. The first kappa shape index (κ1) is 12.0. The predicted octanol–water partition coefficient (Wildman–Crippen LogP) is 2.97. The predicted molar refractivity (Wildman–Crippen MR) is 65.6 cm³/mol. The summed E-state index contributed by atoms with van der Waals surface area (Å²) in [7, 11) is 0. The Bertz CT molecular complexity index is 582. The summed E-state index contributed by atoms with van der Waals surface area (Å²) in [6, 6.07) is 7.37. The molecule has 0 amide bonds. The number of nitrogens with zero attached hydrogens (tertiary/aromatic N) is 1. The van der Waals surface area contributed by atoms with E-state index >= 15 is 0 Å². The van der Waals surface area contributed by atoms with Gasteiger partial charge in [-0.1, -0.05) is 6.07 Å². The van der Waals surface area contributed by atoms with Gasteiger partial charge in [0.25, 0.3) is 0 Å². The van der Waals surface area contributed by atoms with E-state index in [-0.39, 0.29) is 11.4 Å². The molecule has 1 heterocycles. The molecule has 1 aromatic heterocycles. The van der Waals surface area contributed by atoms with Crippen LogP contribution in [0, 0.1) is 12.7 Å². The summed E-state index contributed by atoms with van der Waals surface area (Å²) in [6.07, 6.45) is 1.25. The highest BCUT2D eigenvalue weighted by Gasteiger charge is 2.05. The highest BCUT2D eigenvalue weighted by molar-refractivity contribution is 5.87. The minimum absolute atomic E-state index is 0.108. The van der Waals surface area contributed by atoms with E-state index in [1.807, 2.05) is 6.92 Å². The van der Waals surface area contributed by atoms with Gasteiger partial charge in [-0.05, 0) is 36.8 Å². The molecule has 2 rings (SSSR count). The zero-order chi connectivity index (χ0) is 13.1. The van der Waals surface area contributed by atoms with E-state index in [1.165, 1.54) is 30.5 Å². The van der Waals surface area contributed by atoms with Gasteiger partial charge in [0.05, 0.1) is 5.56 Å². The van der Waals surface area contributed by atoms with Crippen molar-refractivity contribution in [2.75, 3.05) is 5.32 Å². The fourth-order valence-corrected chi connectivity index (χ4v) is 1.46. The number of anilines is 2. The number of aryl methyl sites for hydroxylation is 1. The molecule has 0 spiro atoms. The smallest absolute Gasteiger partial charge is 0.337 e. The first-order valence-electron chi connectivity index (χ1n) is 5.29. The number of aromatic nitrogens is 1. The lowest BCUT2D eigenvalue weighted by molar-refractivity contribution is 0.0696. The van der Waals surface area contributed by atoms with E-state index in [9.17, 15) is 9.18 Å². The van der Waals surface area contributed by atoms with Crippen molar-refractivity contribution < 1.29 is 14.3 Å². The highest BCUT2D eigenvalue weighted by atomic mass is 19.1. The Balaban J connectivity index is 2.23. The fourth-order valence-electron chi connectivity index (χ4n) is 1.46. The number of nitrogens with one attached hydrogen (secondary N) is 1. The number of carboxylic acid groups (broad SMARTS) is 1. The van der Waals surface area contributed by atoms with Gasteiger partial charge < -0.3 is 10.4 Å². The molecule has 0 aliphatic carbocycles. The maximum atomic E-state index is 13.1. The average Bonchev–Trinajstić information content (AvgIpc) is 2.34. The lowest BCUT2D eigenvalue weighted by Crippen LogP contribution is -2.00. The molecule has 4 nitrogen and oxygen atoms in total. The number of hydrogen-bond acceptors (Lipinski definition) is 3. The van der Waals surface area contributed by atoms with Crippen LogP contribution in [-0.4, -0.2) is 16.1 Å². The third-order valence-corrected chi connectivity index (χ3v) is 2.47. The molecule has 0 unspecified atom stereocenters. The molecular weight excluding hydrogens is 235 g/mol. The molecule has 0 saturated carbocycles. The van der Waals surface area contributed by atoms with Crippen LogP contribution in [-0.2, 0) is 0 Å². The summed E-state index contributed by atoms with van der Waals surface area (Å²) in [5.74, 6) is -0.907. The van der Waals surface area contributed by atoms with E-state index in [0.29, 0.717) is 11.5 Å². The summed E-state index contributed by atoms with van der Waals surface area (Å²) in [5.41, 5.74) is 1.59. The molecule has 0 bridgehead atoms. The standard InChI is InChI=1S/C13H11FN2O2/c1-8-2-4-10(14)6-11(8)16-12-5-3-9(7-15-12)13(17)18/h2-7H,1H3,(H,15,16)(H,17,18). The molecule has 0 fully saturated rings. The monoisotopic (exact) mass is 246 g/mol. The van der Waals surface area contributed by atoms with Gasteiger partial charge in [0.15, 0.2) is 0 Å². The number of benzene rings is 1. The summed E-state index contributed by atoms with van der Waals surface area (Å²) in [5, 5.41) is 11.7. The molecule has 92 valence electrons. The number of aromatic carboxylic acids is 1. The lowest BCUT2D eigenvalue weighted by atomic mass is 10.2. The van der Waals surface area contributed by atoms with Crippen LogP contribution in [0.1, 0.15) is 15.9 Å². The third kappa shape index (κ3) is 2.63. The van der Waals surface area contributed by atoms with Gasteiger partial charge >= 0.3 is 5.97 Å². The van der Waals surface area contributed by atoms with Crippen molar-refractivity contribution in [3.8, 4) is 0 Å². The first-order valence-corrected chi connectivity index (χ1v) is 5.29. The molecule has 0 saturated heterocycles. The van der Waals surface area contributed by atoms with E-state index in [2.05, 4.69) is 10.3 Å². The summed E-state index contributed by atoms with van der Waals surface area (Å²) < 4.78 is 13.1. The van der Waals surface area contributed by atoms with Crippen molar-refractivity contribution in [1.82, 2.24) is 4.98 Å². The van der Waals surface area contributed by atoms with Gasteiger partial charge in [-0.15, -0.1) is 0 Å². The van der Waals surface area contributed by atoms with Gasteiger partial charge in [0.1, 0.15) is 11.6 Å². The zero-order valence-electron chi connectivity index (χ0n) is 9.64. The Morgan fingerprint density at radius 1 is 1.33 bits per heavy atom. The minimum Gasteiger partial charge on any atom is -0.478 e. The van der Waals surface area contributed by atoms with Crippen molar-refractivity contribution in [1.29, 1.82) is 0 Å². The van der Waals surface area contributed by atoms with Crippen LogP contribution < -0.4 is 5.32 Å². The molecule has 2 N–H and O–H groups in total.